The van der Waals surface area contributed by atoms with Gasteiger partial charge in [-0.25, -0.2) is 4.79 Å². The Morgan fingerprint density at radius 2 is 2.29 bits per heavy atom. The second-order valence-corrected chi connectivity index (χ2v) is 3.95. The summed E-state index contributed by atoms with van der Waals surface area (Å²) in [4.78, 5) is 21.7. The van der Waals surface area contributed by atoms with Crippen LogP contribution in [0.1, 0.15) is 17.0 Å². The van der Waals surface area contributed by atoms with Crippen molar-refractivity contribution >= 4 is 23.6 Å². The van der Waals surface area contributed by atoms with E-state index in [-0.39, 0.29) is 23.8 Å². The Morgan fingerprint density at radius 3 is 2.88 bits per heavy atom. The third-order valence-electron chi connectivity index (χ3n) is 1.70. The molecule has 0 aliphatic heterocycles. The highest BCUT2D eigenvalue weighted by atomic mass is 32.2. The van der Waals surface area contributed by atoms with Gasteiger partial charge in [-0.15, -0.1) is 0 Å². The Bertz CT molecular complexity index is 449. The first-order valence-corrected chi connectivity index (χ1v) is 5.71. The fraction of sp³-hybridized carbons (Fsp3) is 0.300. The molecule has 0 radical (unpaired) electrons. The molecule has 0 saturated heterocycles. The van der Waals surface area contributed by atoms with Gasteiger partial charge >= 0.3 is 5.97 Å². The van der Waals surface area contributed by atoms with Crippen LogP contribution in [0.2, 0.25) is 0 Å². The highest BCUT2D eigenvalue weighted by molar-refractivity contribution is 7.99. The standard InChI is InChI=1S/C10H10N2O4S/c11-4-1-5-12-8(13)6-17-9-3-2-7(16-9)10(14)15/h2-3H,1,5-6H2,(H,12,13)(H,14,15). The summed E-state index contributed by atoms with van der Waals surface area (Å²) in [5, 5.41) is 19.8. The Morgan fingerprint density at radius 1 is 1.53 bits per heavy atom. The molecule has 0 unspecified atom stereocenters. The third kappa shape index (κ3) is 4.61. The van der Waals surface area contributed by atoms with Gasteiger partial charge in [0.15, 0.2) is 5.09 Å². The van der Waals surface area contributed by atoms with Crippen LogP contribution in [0.5, 0.6) is 0 Å². The number of thioether (sulfide) groups is 1. The molecule has 6 nitrogen and oxygen atoms in total. The van der Waals surface area contributed by atoms with Crippen molar-refractivity contribution < 1.29 is 19.1 Å². The zero-order valence-corrected chi connectivity index (χ0v) is 9.62. The Balaban J connectivity index is 2.32. The molecule has 0 saturated carbocycles. The van der Waals surface area contributed by atoms with Crippen LogP contribution in [-0.2, 0) is 4.79 Å². The average molecular weight is 254 g/mol. The lowest BCUT2D eigenvalue weighted by molar-refractivity contribution is -0.118. The van der Waals surface area contributed by atoms with Crippen LogP contribution in [0.15, 0.2) is 21.6 Å². The lowest BCUT2D eigenvalue weighted by atomic mass is 10.4. The molecule has 1 heterocycles. The van der Waals surface area contributed by atoms with Crippen molar-refractivity contribution in [3.63, 3.8) is 0 Å². The van der Waals surface area contributed by atoms with E-state index in [0.717, 1.165) is 11.8 Å². The van der Waals surface area contributed by atoms with E-state index < -0.39 is 5.97 Å². The fourth-order valence-corrected chi connectivity index (χ4v) is 1.65. The summed E-state index contributed by atoms with van der Waals surface area (Å²) >= 11 is 1.10. The molecule has 0 aliphatic carbocycles. The van der Waals surface area contributed by atoms with Crippen LogP contribution in [0.3, 0.4) is 0 Å². The van der Waals surface area contributed by atoms with Crippen LogP contribution < -0.4 is 5.32 Å². The fourth-order valence-electron chi connectivity index (χ4n) is 0.958. The van der Waals surface area contributed by atoms with Gasteiger partial charge in [0.1, 0.15) is 0 Å². The maximum atomic E-state index is 11.2. The molecule has 1 rings (SSSR count). The SMILES string of the molecule is N#CCCNC(=O)CSc1ccc(C(=O)O)o1. The summed E-state index contributed by atoms with van der Waals surface area (Å²) in [6.45, 7) is 0.314. The number of carbonyl (C=O) groups is 2. The molecule has 2 N–H and O–H groups in total. The van der Waals surface area contributed by atoms with Crippen molar-refractivity contribution in [3.8, 4) is 6.07 Å². The van der Waals surface area contributed by atoms with Crippen molar-refractivity contribution in [1.82, 2.24) is 5.32 Å². The zero-order chi connectivity index (χ0) is 12.7. The maximum Gasteiger partial charge on any atom is 0.371 e. The van der Waals surface area contributed by atoms with Crippen molar-refractivity contribution in [2.24, 2.45) is 0 Å². The highest BCUT2D eigenvalue weighted by Crippen LogP contribution is 2.20. The average Bonchev–Trinajstić information content (AvgIpc) is 2.75. The van der Waals surface area contributed by atoms with Crippen LogP contribution in [0.25, 0.3) is 0 Å². The molecule has 1 aromatic rings. The molecule has 7 heteroatoms. The first-order chi connectivity index (χ1) is 8.13. The van der Waals surface area contributed by atoms with Crippen LogP contribution in [-0.4, -0.2) is 29.3 Å². The summed E-state index contributed by atoms with van der Waals surface area (Å²) in [6, 6.07) is 4.74. The number of amides is 1. The number of nitrogens with one attached hydrogen (secondary N) is 1. The van der Waals surface area contributed by atoms with Gasteiger partial charge in [0, 0.05) is 6.54 Å². The predicted octanol–water partition coefficient (Wildman–Crippen LogP) is 1.10. The smallest absolute Gasteiger partial charge is 0.371 e. The molecule has 0 atom stereocenters. The summed E-state index contributed by atoms with van der Waals surface area (Å²) in [6.07, 6.45) is 0.264. The van der Waals surface area contributed by atoms with Gasteiger partial charge in [-0.2, -0.15) is 5.26 Å². The molecular formula is C10H10N2O4S. The molecule has 0 fully saturated rings. The minimum Gasteiger partial charge on any atom is -0.475 e. The van der Waals surface area contributed by atoms with Gasteiger partial charge in [0.2, 0.25) is 11.7 Å². The molecule has 0 spiro atoms. The number of carboxylic acid groups (broad SMARTS) is 1. The molecular weight excluding hydrogens is 244 g/mol. The van der Waals surface area contributed by atoms with Crippen LogP contribution in [0, 0.1) is 11.3 Å². The van der Waals surface area contributed by atoms with Gasteiger partial charge in [-0.3, -0.25) is 4.79 Å². The van der Waals surface area contributed by atoms with E-state index in [1.54, 1.807) is 0 Å². The van der Waals surface area contributed by atoms with E-state index in [1.807, 2.05) is 6.07 Å². The molecule has 0 aliphatic rings. The second kappa shape index (κ2) is 6.60. The number of carbonyl (C=O) groups excluding carboxylic acids is 1. The quantitative estimate of drug-likeness (QED) is 0.582. The van der Waals surface area contributed by atoms with E-state index in [2.05, 4.69) is 5.32 Å². The zero-order valence-electron chi connectivity index (χ0n) is 8.80. The topological polar surface area (TPSA) is 103 Å². The molecule has 0 aromatic carbocycles. The number of nitrogens with zero attached hydrogens (tertiary/aromatic N) is 1. The summed E-state index contributed by atoms with van der Waals surface area (Å²) in [5.41, 5.74) is 0. The minimum atomic E-state index is -1.14. The Labute approximate surface area is 102 Å². The van der Waals surface area contributed by atoms with E-state index in [4.69, 9.17) is 14.8 Å². The van der Waals surface area contributed by atoms with E-state index >= 15 is 0 Å². The number of aromatic carboxylic acids is 1. The van der Waals surface area contributed by atoms with Gasteiger partial charge in [0.25, 0.3) is 0 Å². The molecule has 1 aromatic heterocycles. The minimum absolute atomic E-state index is 0.123. The lowest BCUT2D eigenvalue weighted by Gasteiger charge is -2.00. The Hall–Kier alpha value is -1.94. The van der Waals surface area contributed by atoms with E-state index in [1.165, 1.54) is 12.1 Å². The normalized spacial score (nSPS) is 9.59. The van der Waals surface area contributed by atoms with Gasteiger partial charge in [-0.1, -0.05) is 11.8 Å². The third-order valence-corrected chi connectivity index (χ3v) is 2.61. The number of hydrogen-bond donors (Lipinski definition) is 2. The molecule has 0 bridgehead atoms. The number of hydrogen-bond acceptors (Lipinski definition) is 5. The first-order valence-electron chi connectivity index (χ1n) is 4.73. The lowest BCUT2D eigenvalue weighted by Crippen LogP contribution is -2.25. The van der Waals surface area contributed by atoms with Gasteiger partial charge < -0.3 is 14.8 Å². The molecule has 1 amide bonds. The van der Waals surface area contributed by atoms with Gasteiger partial charge in [-0.05, 0) is 12.1 Å². The van der Waals surface area contributed by atoms with E-state index in [9.17, 15) is 9.59 Å². The number of furan rings is 1. The molecule has 17 heavy (non-hydrogen) atoms. The van der Waals surface area contributed by atoms with Crippen LogP contribution >= 0.6 is 11.8 Å². The summed E-state index contributed by atoms with van der Waals surface area (Å²) in [5.74, 6) is -1.40. The number of nitriles is 1. The van der Waals surface area contributed by atoms with Crippen molar-refractivity contribution in [3.05, 3.63) is 17.9 Å². The number of rotatable bonds is 6. The Kier molecular flexibility index (Phi) is 5.10. The maximum absolute atomic E-state index is 11.2. The van der Waals surface area contributed by atoms with Gasteiger partial charge in [0.05, 0.1) is 18.2 Å². The number of carboxylic acids is 1. The summed E-state index contributed by atoms with van der Waals surface area (Å²) in [7, 11) is 0. The first kappa shape index (κ1) is 13.1. The van der Waals surface area contributed by atoms with Crippen molar-refractivity contribution in [2.45, 2.75) is 11.5 Å². The van der Waals surface area contributed by atoms with Crippen molar-refractivity contribution in [1.29, 1.82) is 5.26 Å². The molecule has 90 valence electrons. The van der Waals surface area contributed by atoms with E-state index in [0.29, 0.717) is 11.6 Å². The second-order valence-electron chi connectivity index (χ2n) is 2.97. The summed E-state index contributed by atoms with van der Waals surface area (Å²) < 4.78 is 4.95. The van der Waals surface area contributed by atoms with Crippen LogP contribution in [0.4, 0.5) is 0 Å². The predicted molar refractivity (Wildman–Crippen MR) is 59.6 cm³/mol. The monoisotopic (exact) mass is 254 g/mol. The van der Waals surface area contributed by atoms with Crippen molar-refractivity contribution in [2.75, 3.05) is 12.3 Å². The largest absolute Gasteiger partial charge is 0.475 e. The highest BCUT2D eigenvalue weighted by Gasteiger charge is 2.10.